The van der Waals surface area contributed by atoms with Gasteiger partial charge in [-0.05, 0) is 37.1 Å². The van der Waals surface area contributed by atoms with Crippen LogP contribution in [0.5, 0.6) is 5.75 Å². The summed E-state index contributed by atoms with van der Waals surface area (Å²) in [4.78, 5) is 25.7. The number of ether oxygens (including phenoxy) is 1. The van der Waals surface area contributed by atoms with Gasteiger partial charge in [0.2, 0.25) is 0 Å². The maximum Gasteiger partial charge on any atom is 0.328 e. The van der Waals surface area contributed by atoms with Crippen LogP contribution >= 0.6 is 11.8 Å². The Hall–Kier alpha value is -2.11. The smallest absolute Gasteiger partial charge is 0.328 e. The summed E-state index contributed by atoms with van der Waals surface area (Å²) in [5.74, 6) is -0.303. The van der Waals surface area contributed by atoms with Crippen LogP contribution in [0.4, 0.5) is 0 Å². The molecule has 1 aliphatic rings. The molecule has 1 unspecified atom stereocenters. The van der Waals surface area contributed by atoms with Crippen LogP contribution in [-0.4, -0.2) is 23.0 Å². The first-order valence-corrected chi connectivity index (χ1v) is 8.29. The predicted molar refractivity (Wildman–Crippen MR) is 89.8 cm³/mol. The highest BCUT2D eigenvalue weighted by atomic mass is 32.2. The van der Waals surface area contributed by atoms with Gasteiger partial charge >= 0.3 is 5.97 Å². The van der Waals surface area contributed by atoms with E-state index in [-0.39, 0.29) is 16.8 Å². The fraction of sp³-hybridized carbons (Fsp3) is 0.222. The number of Topliss-reactive ketones (excluding diaryl/α,β-unsaturated/α-hetero) is 1. The minimum Gasteiger partial charge on any atom is -0.425 e. The van der Waals surface area contributed by atoms with Gasteiger partial charge in [-0.3, -0.25) is 4.79 Å². The first kappa shape index (κ1) is 15.8. The maximum absolute atomic E-state index is 12.8. The Balaban J connectivity index is 1.83. The SMILES string of the molecule is CC(N)C(=O)Oc1ccccc1C(=O)[C@@H]1Cc2ccccc2S1. The fourth-order valence-electron chi connectivity index (χ4n) is 2.46. The number of esters is 1. The van der Waals surface area contributed by atoms with Crippen LogP contribution < -0.4 is 10.5 Å². The summed E-state index contributed by atoms with van der Waals surface area (Å²) >= 11 is 1.56. The van der Waals surface area contributed by atoms with Crippen molar-refractivity contribution in [2.75, 3.05) is 0 Å². The summed E-state index contributed by atoms with van der Waals surface area (Å²) in [5.41, 5.74) is 7.13. The lowest BCUT2D eigenvalue weighted by Crippen LogP contribution is -2.31. The van der Waals surface area contributed by atoms with Crippen molar-refractivity contribution in [1.29, 1.82) is 0 Å². The lowest BCUT2D eigenvalue weighted by Gasteiger charge is -2.13. The molecule has 0 saturated heterocycles. The summed E-state index contributed by atoms with van der Waals surface area (Å²) in [5, 5.41) is -0.192. The molecule has 0 aliphatic carbocycles. The van der Waals surface area contributed by atoms with E-state index in [9.17, 15) is 9.59 Å². The van der Waals surface area contributed by atoms with Crippen molar-refractivity contribution in [3.8, 4) is 5.75 Å². The number of carbonyl (C=O) groups excluding carboxylic acids is 2. The Morgan fingerprint density at radius 3 is 2.61 bits per heavy atom. The zero-order valence-corrected chi connectivity index (χ0v) is 13.5. The first-order chi connectivity index (χ1) is 11.1. The van der Waals surface area contributed by atoms with E-state index in [0.717, 1.165) is 4.90 Å². The number of hydrogen-bond donors (Lipinski definition) is 1. The van der Waals surface area contributed by atoms with Crippen LogP contribution in [0.1, 0.15) is 22.8 Å². The summed E-state index contributed by atoms with van der Waals surface area (Å²) in [7, 11) is 0. The van der Waals surface area contributed by atoms with Crippen molar-refractivity contribution in [2.45, 2.75) is 29.5 Å². The van der Waals surface area contributed by atoms with E-state index in [2.05, 4.69) is 0 Å². The third kappa shape index (κ3) is 3.30. The van der Waals surface area contributed by atoms with E-state index in [1.54, 1.807) is 43.0 Å². The third-order valence-corrected chi connectivity index (χ3v) is 4.99. The minimum atomic E-state index is -0.733. The highest BCUT2D eigenvalue weighted by molar-refractivity contribution is 8.01. The molecule has 23 heavy (non-hydrogen) atoms. The van der Waals surface area contributed by atoms with Crippen LogP contribution in [-0.2, 0) is 11.2 Å². The lowest BCUT2D eigenvalue weighted by molar-refractivity contribution is -0.135. The van der Waals surface area contributed by atoms with Gasteiger partial charge in [0.15, 0.2) is 5.78 Å². The first-order valence-electron chi connectivity index (χ1n) is 7.41. The van der Waals surface area contributed by atoms with Crippen molar-refractivity contribution in [2.24, 2.45) is 5.73 Å². The van der Waals surface area contributed by atoms with Gasteiger partial charge < -0.3 is 10.5 Å². The highest BCUT2D eigenvalue weighted by Crippen LogP contribution is 2.39. The Morgan fingerprint density at radius 1 is 1.17 bits per heavy atom. The van der Waals surface area contributed by atoms with Crippen LogP contribution in [0.15, 0.2) is 53.4 Å². The molecule has 0 spiro atoms. The standard InChI is InChI=1S/C18H17NO3S/c1-11(19)18(21)22-14-8-4-3-7-13(14)17(20)16-10-12-6-2-5-9-15(12)23-16/h2-9,11,16H,10,19H2,1H3/t11?,16-/m0/s1. The number of nitrogens with two attached hydrogens (primary N) is 1. The van der Waals surface area contributed by atoms with Crippen LogP contribution in [0.25, 0.3) is 0 Å². The highest BCUT2D eigenvalue weighted by Gasteiger charge is 2.30. The van der Waals surface area contributed by atoms with Crippen LogP contribution in [0.3, 0.4) is 0 Å². The molecule has 2 aromatic rings. The second kappa shape index (κ2) is 6.56. The number of ketones is 1. The molecular formula is C18H17NO3S. The van der Waals surface area contributed by atoms with Crippen molar-refractivity contribution in [3.63, 3.8) is 0 Å². The Bertz CT molecular complexity index is 732. The van der Waals surface area contributed by atoms with Gasteiger partial charge in [-0.15, -0.1) is 11.8 Å². The topological polar surface area (TPSA) is 69.4 Å². The van der Waals surface area contributed by atoms with Crippen molar-refractivity contribution in [3.05, 3.63) is 59.7 Å². The summed E-state index contributed by atoms with van der Waals surface area (Å²) in [6.45, 7) is 1.55. The summed E-state index contributed by atoms with van der Waals surface area (Å²) in [6, 6.07) is 14.1. The Morgan fingerprint density at radius 2 is 1.87 bits per heavy atom. The minimum absolute atomic E-state index is 0.0284. The van der Waals surface area contributed by atoms with Crippen LogP contribution in [0, 0.1) is 0 Å². The van der Waals surface area contributed by atoms with Gasteiger partial charge in [0.25, 0.3) is 0 Å². The van der Waals surface area contributed by atoms with Crippen LogP contribution in [0.2, 0.25) is 0 Å². The van der Waals surface area contributed by atoms with E-state index in [1.165, 1.54) is 5.56 Å². The molecule has 0 fully saturated rings. The molecule has 0 radical (unpaired) electrons. The Kier molecular flexibility index (Phi) is 4.50. The van der Waals surface area contributed by atoms with Gasteiger partial charge in [0.1, 0.15) is 11.8 Å². The number of hydrogen-bond acceptors (Lipinski definition) is 5. The van der Waals surface area contributed by atoms with Gasteiger partial charge in [-0.1, -0.05) is 30.3 Å². The van der Waals surface area contributed by atoms with E-state index in [1.807, 2.05) is 24.3 Å². The average Bonchev–Trinajstić information content (AvgIpc) is 2.98. The van der Waals surface area contributed by atoms with Gasteiger partial charge in [0.05, 0.1) is 10.8 Å². The maximum atomic E-state index is 12.8. The zero-order chi connectivity index (χ0) is 16.4. The second-order valence-corrected chi connectivity index (χ2v) is 6.73. The number of benzene rings is 2. The molecule has 0 saturated carbocycles. The normalized spacial score (nSPS) is 17.4. The number of rotatable bonds is 4. The molecule has 1 heterocycles. The molecule has 3 rings (SSSR count). The van der Waals surface area contributed by atoms with Crippen molar-refractivity contribution < 1.29 is 14.3 Å². The average molecular weight is 327 g/mol. The molecular weight excluding hydrogens is 310 g/mol. The lowest BCUT2D eigenvalue weighted by atomic mass is 10.0. The number of carbonyl (C=O) groups is 2. The second-order valence-electron chi connectivity index (χ2n) is 5.49. The number of para-hydroxylation sites is 1. The van der Waals surface area contributed by atoms with Gasteiger partial charge in [-0.25, -0.2) is 4.79 Å². The van der Waals surface area contributed by atoms with E-state index >= 15 is 0 Å². The van der Waals surface area contributed by atoms with E-state index < -0.39 is 12.0 Å². The molecule has 118 valence electrons. The zero-order valence-electron chi connectivity index (χ0n) is 12.7. The predicted octanol–water partition coefficient (Wildman–Crippen LogP) is 2.84. The van der Waals surface area contributed by atoms with Gasteiger partial charge in [0, 0.05) is 4.90 Å². The number of fused-ring (bicyclic) bond motifs is 1. The monoisotopic (exact) mass is 327 g/mol. The summed E-state index contributed by atoms with van der Waals surface area (Å²) < 4.78 is 5.27. The molecule has 0 amide bonds. The summed E-state index contributed by atoms with van der Waals surface area (Å²) in [6.07, 6.45) is 0.690. The molecule has 1 aliphatic heterocycles. The van der Waals surface area contributed by atoms with Crippen molar-refractivity contribution >= 4 is 23.5 Å². The largest absolute Gasteiger partial charge is 0.425 e. The molecule has 4 nitrogen and oxygen atoms in total. The van der Waals surface area contributed by atoms with Gasteiger partial charge in [-0.2, -0.15) is 0 Å². The molecule has 2 aromatic carbocycles. The third-order valence-electron chi connectivity index (χ3n) is 3.67. The van der Waals surface area contributed by atoms with Crippen molar-refractivity contribution in [1.82, 2.24) is 0 Å². The van der Waals surface area contributed by atoms with E-state index in [4.69, 9.17) is 10.5 Å². The molecule has 0 aromatic heterocycles. The molecule has 5 heteroatoms. The number of thioether (sulfide) groups is 1. The Labute approximate surface area is 139 Å². The quantitative estimate of drug-likeness (QED) is 0.531. The molecule has 2 atom stereocenters. The molecule has 0 bridgehead atoms. The molecule has 2 N–H and O–H groups in total. The fourth-order valence-corrected chi connectivity index (χ4v) is 3.73. The van der Waals surface area contributed by atoms with E-state index in [0.29, 0.717) is 12.0 Å².